The molecule has 19 heavy (non-hydrogen) atoms. The molecule has 2 nitrogen and oxygen atoms in total. The number of ether oxygens (including phenoxy) is 1. The van der Waals surface area contributed by atoms with Crippen molar-refractivity contribution >= 4 is 17.4 Å². The quantitative estimate of drug-likeness (QED) is 0.819. The van der Waals surface area contributed by atoms with Crippen LogP contribution in [-0.4, -0.2) is 18.0 Å². The Kier molecular flexibility index (Phi) is 4.58. The number of hydrogen-bond donors (Lipinski definition) is 0. The third kappa shape index (κ3) is 2.98. The molecule has 0 saturated heterocycles. The monoisotopic (exact) mass is 284 g/mol. The molecule has 0 heterocycles. The summed E-state index contributed by atoms with van der Waals surface area (Å²) >= 11 is 5.90. The summed E-state index contributed by atoms with van der Waals surface area (Å²) in [6.45, 7) is 2.41. The number of halogens is 2. The van der Waals surface area contributed by atoms with Crippen molar-refractivity contribution in [2.24, 2.45) is 0 Å². The van der Waals surface area contributed by atoms with Gasteiger partial charge >= 0.3 is 0 Å². The summed E-state index contributed by atoms with van der Waals surface area (Å²) in [6, 6.07) is 4.56. The minimum atomic E-state index is -0.676. The summed E-state index contributed by atoms with van der Waals surface area (Å²) in [4.78, 5) is 12.5. The third-order valence-corrected chi connectivity index (χ3v) is 4.15. The Morgan fingerprint density at radius 3 is 2.74 bits per heavy atom. The van der Waals surface area contributed by atoms with Gasteiger partial charge in [-0.15, -0.1) is 0 Å². The summed E-state index contributed by atoms with van der Waals surface area (Å²) in [6.07, 6.45) is 3.65. The van der Waals surface area contributed by atoms with Gasteiger partial charge in [0.25, 0.3) is 0 Å². The van der Waals surface area contributed by atoms with Crippen LogP contribution in [0.1, 0.15) is 38.2 Å². The van der Waals surface area contributed by atoms with E-state index in [1.807, 2.05) is 6.92 Å². The van der Waals surface area contributed by atoms with Crippen molar-refractivity contribution in [2.45, 2.75) is 44.6 Å². The molecule has 0 spiro atoms. The zero-order chi connectivity index (χ0) is 13.9. The van der Waals surface area contributed by atoms with E-state index in [1.165, 1.54) is 6.07 Å². The minimum absolute atomic E-state index is 0.0133. The first kappa shape index (κ1) is 14.5. The number of carbonyl (C=O) groups excluding carboxylic acids is 1. The second kappa shape index (κ2) is 6.02. The lowest BCUT2D eigenvalue weighted by Gasteiger charge is -2.27. The zero-order valence-electron chi connectivity index (χ0n) is 11.0. The Labute approximate surface area is 117 Å². The maximum atomic E-state index is 13.4. The molecule has 0 amide bonds. The predicted molar refractivity (Wildman–Crippen MR) is 72.9 cm³/mol. The van der Waals surface area contributed by atoms with Gasteiger partial charge in [-0.3, -0.25) is 4.79 Å². The Hall–Kier alpha value is -0.930. The molecular formula is C15H18ClFO2. The van der Waals surface area contributed by atoms with Crippen molar-refractivity contribution < 1.29 is 13.9 Å². The fourth-order valence-corrected chi connectivity index (χ4v) is 2.94. The van der Waals surface area contributed by atoms with Crippen LogP contribution in [0.25, 0.3) is 0 Å². The van der Waals surface area contributed by atoms with Crippen molar-refractivity contribution in [3.05, 3.63) is 34.6 Å². The Morgan fingerprint density at radius 2 is 2.11 bits per heavy atom. The molecule has 4 heteroatoms. The molecule has 0 radical (unpaired) electrons. The summed E-state index contributed by atoms with van der Waals surface area (Å²) in [5, 5.41) is 0.0421. The first-order valence-electron chi connectivity index (χ1n) is 6.69. The van der Waals surface area contributed by atoms with Gasteiger partial charge in [0.1, 0.15) is 11.4 Å². The van der Waals surface area contributed by atoms with E-state index in [1.54, 1.807) is 12.1 Å². The Morgan fingerprint density at radius 1 is 1.42 bits per heavy atom. The lowest BCUT2D eigenvalue weighted by Crippen LogP contribution is -2.40. The highest BCUT2D eigenvalue weighted by molar-refractivity contribution is 6.31. The fraction of sp³-hybridized carbons (Fsp3) is 0.533. The molecule has 1 aromatic rings. The minimum Gasteiger partial charge on any atom is -0.367 e. The van der Waals surface area contributed by atoms with E-state index >= 15 is 0 Å². The van der Waals surface area contributed by atoms with Crippen LogP contribution in [0.15, 0.2) is 18.2 Å². The summed E-state index contributed by atoms with van der Waals surface area (Å²) in [5.74, 6) is -0.469. The molecule has 1 aliphatic rings. The normalized spacial score (nSPS) is 17.6. The van der Waals surface area contributed by atoms with Gasteiger partial charge in [0.15, 0.2) is 5.78 Å². The number of ketones is 1. The number of hydrogen-bond acceptors (Lipinski definition) is 2. The van der Waals surface area contributed by atoms with E-state index in [2.05, 4.69) is 0 Å². The third-order valence-electron chi connectivity index (χ3n) is 3.72. The number of rotatable bonds is 5. The molecule has 0 bridgehead atoms. The van der Waals surface area contributed by atoms with Gasteiger partial charge in [-0.1, -0.05) is 23.7 Å². The maximum absolute atomic E-state index is 13.4. The lowest BCUT2D eigenvalue weighted by atomic mass is 9.91. The second-order valence-electron chi connectivity index (χ2n) is 4.95. The average Bonchev–Trinajstić information content (AvgIpc) is 2.85. The van der Waals surface area contributed by atoms with Crippen molar-refractivity contribution in [3.63, 3.8) is 0 Å². The molecule has 104 valence electrons. The van der Waals surface area contributed by atoms with E-state index in [-0.39, 0.29) is 17.2 Å². The van der Waals surface area contributed by atoms with Crippen molar-refractivity contribution in [2.75, 3.05) is 6.61 Å². The maximum Gasteiger partial charge on any atom is 0.169 e. The molecule has 1 aromatic carbocycles. The van der Waals surface area contributed by atoms with Gasteiger partial charge in [-0.2, -0.15) is 0 Å². The molecule has 0 N–H and O–H groups in total. The molecule has 0 aromatic heterocycles. The molecule has 1 fully saturated rings. The van der Waals surface area contributed by atoms with Crippen LogP contribution in [-0.2, 0) is 16.0 Å². The smallest absolute Gasteiger partial charge is 0.169 e. The molecule has 1 aliphatic carbocycles. The van der Waals surface area contributed by atoms with Crippen LogP contribution in [0.4, 0.5) is 4.39 Å². The largest absolute Gasteiger partial charge is 0.367 e. The highest BCUT2D eigenvalue weighted by Crippen LogP contribution is 2.35. The number of benzene rings is 1. The number of Topliss-reactive ketones (excluding diaryl/α,β-unsaturated/α-hetero) is 1. The zero-order valence-corrected chi connectivity index (χ0v) is 11.8. The fourth-order valence-electron chi connectivity index (χ4n) is 2.75. The molecular weight excluding hydrogens is 267 g/mol. The first-order valence-corrected chi connectivity index (χ1v) is 7.07. The van der Waals surface area contributed by atoms with E-state index in [0.29, 0.717) is 12.2 Å². The summed E-state index contributed by atoms with van der Waals surface area (Å²) in [5.41, 5.74) is -0.137. The summed E-state index contributed by atoms with van der Waals surface area (Å²) in [7, 11) is 0. The van der Waals surface area contributed by atoms with Crippen molar-refractivity contribution in [1.29, 1.82) is 0 Å². The summed E-state index contributed by atoms with van der Waals surface area (Å²) < 4.78 is 19.1. The van der Waals surface area contributed by atoms with Crippen LogP contribution < -0.4 is 0 Å². The van der Waals surface area contributed by atoms with E-state index in [4.69, 9.17) is 16.3 Å². The Bertz CT molecular complexity index is 467. The second-order valence-corrected chi connectivity index (χ2v) is 5.33. The van der Waals surface area contributed by atoms with Crippen molar-refractivity contribution in [1.82, 2.24) is 0 Å². The molecule has 2 rings (SSSR count). The van der Waals surface area contributed by atoms with Gasteiger partial charge in [0.2, 0.25) is 0 Å². The van der Waals surface area contributed by atoms with E-state index in [9.17, 15) is 9.18 Å². The molecule has 0 aliphatic heterocycles. The van der Waals surface area contributed by atoms with Crippen LogP contribution in [0.2, 0.25) is 5.02 Å². The van der Waals surface area contributed by atoms with Crippen LogP contribution in [0, 0.1) is 5.82 Å². The van der Waals surface area contributed by atoms with Gasteiger partial charge in [0, 0.05) is 13.0 Å². The topological polar surface area (TPSA) is 26.3 Å². The SMILES string of the molecule is CCOC1(C(=O)Cc2cccc(F)c2Cl)CCCC1. The van der Waals surface area contributed by atoms with Gasteiger partial charge in [-0.05, 0) is 44.2 Å². The highest BCUT2D eigenvalue weighted by atomic mass is 35.5. The van der Waals surface area contributed by atoms with E-state index in [0.717, 1.165) is 25.7 Å². The number of carbonyl (C=O) groups is 1. The van der Waals surface area contributed by atoms with Gasteiger partial charge in [-0.25, -0.2) is 4.39 Å². The molecule has 0 unspecified atom stereocenters. The van der Waals surface area contributed by atoms with Gasteiger partial charge < -0.3 is 4.74 Å². The van der Waals surface area contributed by atoms with Crippen LogP contribution >= 0.6 is 11.6 Å². The van der Waals surface area contributed by atoms with Crippen LogP contribution in [0.3, 0.4) is 0 Å². The first-order chi connectivity index (χ1) is 9.09. The standard InChI is InChI=1S/C15H18ClFO2/c1-2-19-15(8-3-4-9-15)13(18)10-11-6-5-7-12(17)14(11)16/h5-7H,2-4,8-10H2,1H3. The van der Waals surface area contributed by atoms with Gasteiger partial charge in [0.05, 0.1) is 5.02 Å². The predicted octanol–water partition coefficient (Wildman–Crippen LogP) is 3.94. The Balaban J connectivity index is 2.17. The average molecular weight is 285 g/mol. The highest BCUT2D eigenvalue weighted by Gasteiger charge is 2.41. The lowest BCUT2D eigenvalue weighted by molar-refractivity contribution is -0.142. The molecule has 1 saturated carbocycles. The van der Waals surface area contributed by atoms with Crippen molar-refractivity contribution in [3.8, 4) is 0 Å². The van der Waals surface area contributed by atoms with E-state index < -0.39 is 11.4 Å². The molecule has 0 atom stereocenters. The van der Waals surface area contributed by atoms with Crippen LogP contribution in [0.5, 0.6) is 0 Å².